The molecule has 0 bridgehead atoms. The van der Waals surface area contributed by atoms with Crippen molar-refractivity contribution >= 4 is 47.4 Å². The molecule has 20 N–H and O–H groups in total. The van der Waals surface area contributed by atoms with Crippen LogP contribution in [-0.2, 0) is 41.6 Å². The summed E-state index contributed by atoms with van der Waals surface area (Å²) in [5.41, 5.74) is 34.4. The first kappa shape index (κ1) is 56.4. The predicted molar refractivity (Wildman–Crippen MR) is 257 cm³/mol. The Morgan fingerprint density at radius 2 is 0.970 bits per heavy atom. The molecule has 22 nitrogen and oxygen atoms in total. The van der Waals surface area contributed by atoms with Crippen LogP contribution in [-0.4, -0.2) is 120 Å². The zero-order chi connectivity index (χ0) is 49.9. The normalized spacial score (nSPS) is 14.1. The van der Waals surface area contributed by atoms with Crippen molar-refractivity contribution in [2.45, 2.75) is 128 Å². The number of nitrogens with two attached hydrogens (primary N) is 6. The van der Waals surface area contributed by atoms with Gasteiger partial charge in [0.25, 0.3) is 0 Å². The van der Waals surface area contributed by atoms with Crippen molar-refractivity contribution in [2.24, 2.45) is 50.3 Å². The topological polar surface area (TPSA) is 396 Å². The molecule has 0 spiro atoms. The van der Waals surface area contributed by atoms with Gasteiger partial charge < -0.3 is 76.5 Å². The number of amides is 6. The smallest absolute Gasteiger partial charge is 0.243 e. The first-order valence-electron chi connectivity index (χ1n) is 22.8. The lowest BCUT2D eigenvalue weighted by molar-refractivity contribution is -0.135. The van der Waals surface area contributed by atoms with E-state index in [4.69, 9.17) is 34.4 Å². The number of nitrogens with zero attached hydrogens (tertiary/aromatic N) is 2. The minimum absolute atomic E-state index is 0.00908. The van der Waals surface area contributed by atoms with Gasteiger partial charge in [-0.15, -0.1) is 0 Å². The number of phenolic OH excluding ortho intramolecular Hbond substituents is 2. The Labute approximate surface area is 392 Å². The molecule has 0 aliphatic carbocycles. The number of guanidine groups is 2. The average molecular weight is 939 g/mol. The van der Waals surface area contributed by atoms with Gasteiger partial charge in [0.1, 0.15) is 41.7 Å². The van der Waals surface area contributed by atoms with Crippen molar-refractivity contribution in [1.82, 2.24) is 31.9 Å². The minimum Gasteiger partial charge on any atom is -0.508 e. The molecule has 67 heavy (non-hydrogen) atoms. The van der Waals surface area contributed by atoms with Crippen molar-refractivity contribution in [2.75, 3.05) is 26.2 Å². The Bertz CT molecular complexity index is 1920. The largest absolute Gasteiger partial charge is 0.508 e. The summed E-state index contributed by atoms with van der Waals surface area (Å²) in [5.74, 6) is -4.91. The molecule has 2 aromatic rings. The van der Waals surface area contributed by atoms with Crippen LogP contribution in [0.25, 0.3) is 0 Å². The van der Waals surface area contributed by atoms with Crippen LogP contribution in [0, 0.1) is 5.92 Å². The van der Waals surface area contributed by atoms with Crippen molar-refractivity contribution in [1.29, 1.82) is 0 Å². The third-order valence-corrected chi connectivity index (χ3v) is 10.9. The number of benzene rings is 2. The van der Waals surface area contributed by atoms with E-state index in [1.54, 1.807) is 31.2 Å². The summed E-state index contributed by atoms with van der Waals surface area (Å²) < 4.78 is 0. The molecule has 0 aliphatic rings. The van der Waals surface area contributed by atoms with Crippen LogP contribution in [0.2, 0.25) is 0 Å². The fraction of sp³-hybridized carbons (Fsp3) is 0.556. The molecule has 6 amide bonds. The zero-order valence-electron chi connectivity index (χ0n) is 39.0. The van der Waals surface area contributed by atoms with Crippen LogP contribution < -0.4 is 66.3 Å². The lowest BCUT2D eigenvalue weighted by Crippen LogP contribution is -2.60. The summed E-state index contributed by atoms with van der Waals surface area (Å²) in [4.78, 5) is 91.1. The van der Waals surface area contributed by atoms with Gasteiger partial charge >= 0.3 is 0 Å². The number of carbonyl (C=O) groups excluding carboxylic acids is 6. The van der Waals surface area contributed by atoms with Crippen LogP contribution in [0.4, 0.5) is 0 Å². The molecule has 7 atom stereocenters. The fourth-order valence-electron chi connectivity index (χ4n) is 6.89. The van der Waals surface area contributed by atoms with Gasteiger partial charge in [0.05, 0.1) is 6.04 Å². The molecule has 0 aliphatic heterocycles. The molecular weight excluding hydrogens is 865 g/mol. The molecule has 22 heteroatoms. The van der Waals surface area contributed by atoms with Gasteiger partial charge in [-0.25, -0.2) is 0 Å². The number of carbonyl (C=O) groups is 6. The molecule has 0 fully saturated rings. The van der Waals surface area contributed by atoms with E-state index in [1.165, 1.54) is 24.3 Å². The van der Waals surface area contributed by atoms with Crippen molar-refractivity contribution in [3.8, 4) is 11.5 Å². The quantitative estimate of drug-likeness (QED) is 0.0224. The molecular formula is C45H74N14O8. The van der Waals surface area contributed by atoms with Gasteiger partial charge in [-0.3, -0.25) is 38.8 Å². The summed E-state index contributed by atoms with van der Waals surface area (Å²) >= 11 is 0. The van der Waals surface area contributed by atoms with Crippen LogP contribution in [0.5, 0.6) is 11.5 Å². The summed E-state index contributed by atoms with van der Waals surface area (Å²) in [6.07, 6.45) is 3.34. The van der Waals surface area contributed by atoms with Gasteiger partial charge in [0.15, 0.2) is 11.9 Å². The highest BCUT2D eigenvalue weighted by Gasteiger charge is 2.34. The summed E-state index contributed by atoms with van der Waals surface area (Å²) in [5, 5.41) is 37.0. The first-order valence-corrected chi connectivity index (χ1v) is 22.8. The Hall–Kier alpha value is -6.68. The molecule has 372 valence electrons. The third-order valence-electron chi connectivity index (χ3n) is 10.9. The van der Waals surface area contributed by atoms with E-state index < -0.39 is 77.6 Å². The van der Waals surface area contributed by atoms with E-state index in [9.17, 15) is 39.0 Å². The molecule has 0 unspecified atom stereocenters. The Morgan fingerprint density at radius 1 is 0.552 bits per heavy atom. The maximum absolute atomic E-state index is 14.5. The van der Waals surface area contributed by atoms with Gasteiger partial charge in [-0.2, -0.15) is 0 Å². The molecule has 0 radical (unpaired) electrons. The number of aromatic hydroxyl groups is 2. The molecule has 0 saturated heterocycles. The predicted octanol–water partition coefficient (Wildman–Crippen LogP) is -1.56. The zero-order valence-corrected chi connectivity index (χ0v) is 39.0. The molecule has 0 heterocycles. The maximum Gasteiger partial charge on any atom is 0.243 e. The molecule has 2 aromatic carbocycles. The number of phenols is 2. The van der Waals surface area contributed by atoms with Gasteiger partial charge in [-0.1, -0.05) is 51.5 Å². The maximum atomic E-state index is 14.5. The number of aliphatic imine (C=N–C) groups is 2. The Morgan fingerprint density at radius 3 is 1.40 bits per heavy atom. The van der Waals surface area contributed by atoms with Gasteiger partial charge in [0, 0.05) is 25.9 Å². The van der Waals surface area contributed by atoms with Gasteiger partial charge in [0.2, 0.25) is 35.4 Å². The third kappa shape index (κ3) is 21.9. The first-order chi connectivity index (χ1) is 31.9. The van der Waals surface area contributed by atoms with Crippen LogP contribution in [0.15, 0.2) is 58.5 Å². The SMILES string of the molecule is CCCN[C@@H](CCCN=C(N)N)C(=O)N[C@@H](Cc1ccc(O)cc1)C(=O)N[C@@H](Cc1ccc(O)cc1)C(=O)N[C@@H](CCCN=C(N)N)C(=O)N[C@H](C(=O)N[C@@H](CCCCN)C(N)=O)[C@@H](C)CC. The van der Waals surface area contributed by atoms with E-state index in [0.717, 1.165) is 0 Å². The number of rotatable bonds is 32. The molecule has 0 aromatic heterocycles. The van der Waals surface area contributed by atoms with Gasteiger partial charge in [-0.05, 0) is 106 Å². The number of primary amides is 1. The number of unbranched alkanes of at least 4 members (excludes halogenated alkanes) is 1. The molecule has 2 rings (SSSR count). The van der Waals surface area contributed by atoms with Crippen LogP contribution in [0.3, 0.4) is 0 Å². The van der Waals surface area contributed by atoms with Crippen molar-refractivity contribution < 1.29 is 39.0 Å². The minimum atomic E-state index is -1.36. The van der Waals surface area contributed by atoms with E-state index >= 15 is 0 Å². The molecule has 0 saturated carbocycles. The fourth-order valence-corrected chi connectivity index (χ4v) is 6.89. The summed E-state index contributed by atoms with van der Waals surface area (Å²) in [6, 6.07) is 5.22. The number of hydrogen-bond acceptors (Lipinski definition) is 12. The Balaban J connectivity index is 2.55. The standard InChI is InChI=1S/C45H74N14O8/c1-4-22-52-33(11-8-23-53-44(48)49)39(63)57-36(26-29-15-19-31(61)20-16-29)42(66)58-35(25-28-13-17-30(60)18-14-28)41(65)56-34(12-9-24-54-45(50)51)40(64)59-37(27(3)5-2)43(67)55-32(38(47)62)10-6-7-21-46/h13-20,27,32-37,52,60-61H,4-12,21-26,46H2,1-3H3,(H2,47,62)(H,55,67)(H,56,65)(H,57,63)(H,58,66)(H,59,64)(H4,48,49,53)(H4,50,51,54)/t27-,32-,33-,34-,35-,36-,37-/m0/s1. The Kier molecular flexibility index (Phi) is 25.7. The van der Waals surface area contributed by atoms with Crippen LogP contribution >= 0.6 is 0 Å². The van der Waals surface area contributed by atoms with E-state index in [1.807, 2.05) is 13.8 Å². The second-order valence-corrected chi connectivity index (χ2v) is 16.4. The lowest BCUT2D eigenvalue weighted by atomic mass is 9.96. The van der Waals surface area contributed by atoms with Crippen molar-refractivity contribution in [3.63, 3.8) is 0 Å². The average Bonchev–Trinajstić information content (AvgIpc) is 3.28. The number of hydrogen-bond donors (Lipinski definition) is 14. The second kappa shape index (κ2) is 30.5. The van der Waals surface area contributed by atoms with Crippen LogP contribution in [0.1, 0.15) is 89.7 Å². The summed E-state index contributed by atoms with van der Waals surface area (Å²) in [7, 11) is 0. The second-order valence-electron chi connectivity index (χ2n) is 16.4. The van der Waals surface area contributed by atoms with E-state index in [0.29, 0.717) is 62.7 Å². The summed E-state index contributed by atoms with van der Waals surface area (Å²) in [6.45, 7) is 6.76. The van der Waals surface area contributed by atoms with Crippen molar-refractivity contribution in [3.05, 3.63) is 59.7 Å². The highest BCUT2D eigenvalue weighted by Crippen LogP contribution is 2.16. The highest BCUT2D eigenvalue weighted by molar-refractivity contribution is 5.97. The lowest BCUT2D eigenvalue weighted by Gasteiger charge is -2.29. The van der Waals surface area contributed by atoms with E-state index in [-0.39, 0.29) is 68.6 Å². The monoisotopic (exact) mass is 939 g/mol. The number of nitrogens with one attached hydrogen (secondary N) is 6. The highest BCUT2D eigenvalue weighted by atomic mass is 16.3. The van der Waals surface area contributed by atoms with E-state index in [2.05, 4.69) is 41.9 Å².